The SMILES string of the molecule is CCCCCCCCCC(=O)N(C)CCS(=O)(=O)O. The molecular formula is C13H27NO4S. The molecule has 0 unspecified atom stereocenters. The first kappa shape index (κ1) is 18.4. The van der Waals surface area contributed by atoms with Crippen molar-refractivity contribution in [2.24, 2.45) is 0 Å². The van der Waals surface area contributed by atoms with E-state index in [9.17, 15) is 13.2 Å². The second kappa shape index (κ2) is 10.2. The van der Waals surface area contributed by atoms with Gasteiger partial charge in [-0.15, -0.1) is 0 Å². The fourth-order valence-electron chi connectivity index (χ4n) is 1.80. The van der Waals surface area contributed by atoms with Gasteiger partial charge in [0.05, 0.1) is 5.75 Å². The summed E-state index contributed by atoms with van der Waals surface area (Å²) >= 11 is 0. The second-order valence-corrected chi connectivity index (χ2v) is 6.54. The van der Waals surface area contributed by atoms with Crippen molar-refractivity contribution in [3.05, 3.63) is 0 Å². The normalized spacial score (nSPS) is 11.5. The van der Waals surface area contributed by atoms with Crippen molar-refractivity contribution in [3.8, 4) is 0 Å². The summed E-state index contributed by atoms with van der Waals surface area (Å²) in [5.74, 6) is -0.455. The number of unbranched alkanes of at least 4 members (excludes halogenated alkanes) is 6. The largest absolute Gasteiger partial charge is 0.345 e. The Morgan fingerprint density at radius 3 is 2.11 bits per heavy atom. The minimum Gasteiger partial charge on any atom is -0.345 e. The smallest absolute Gasteiger partial charge is 0.266 e. The molecule has 1 N–H and O–H groups in total. The number of hydrogen-bond acceptors (Lipinski definition) is 3. The number of rotatable bonds is 11. The highest BCUT2D eigenvalue weighted by Crippen LogP contribution is 2.09. The monoisotopic (exact) mass is 293 g/mol. The quantitative estimate of drug-likeness (QED) is 0.469. The van der Waals surface area contributed by atoms with Gasteiger partial charge in [-0.2, -0.15) is 8.42 Å². The van der Waals surface area contributed by atoms with Gasteiger partial charge in [-0.3, -0.25) is 9.35 Å². The van der Waals surface area contributed by atoms with Gasteiger partial charge in [-0.05, 0) is 6.42 Å². The first-order valence-corrected chi connectivity index (χ1v) is 8.67. The van der Waals surface area contributed by atoms with Crippen LogP contribution in [0.4, 0.5) is 0 Å². The Morgan fingerprint density at radius 2 is 1.58 bits per heavy atom. The van der Waals surface area contributed by atoms with Crippen LogP contribution in [0.3, 0.4) is 0 Å². The highest BCUT2D eigenvalue weighted by molar-refractivity contribution is 7.85. The van der Waals surface area contributed by atoms with E-state index in [0.29, 0.717) is 6.42 Å². The molecule has 0 aromatic carbocycles. The molecule has 0 rings (SSSR count). The highest BCUT2D eigenvalue weighted by Gasteiger charge is 2.12. The number of hydrogen-bond donors (Lipinski definition) is 1. The van der Waals surface area contributed by atoms with Crippen LogP contribution in [-0.2, 0) is 14.9 Å². The third-order valence-electron chi connectivity index (χ3n) is 3.10. The summed E-state index contributed by atoms with van der Waals surface area (Å²) in [6.07, 6.45) is 8.49. The van der Waals surface area contributed by atoms with E-state index in [1.54, 1.807) is 7.05 Å². The van der Waals surface area contributed by atoms with Crippen LogP contribution in [0.1, 0.15) is 58.3 Å². The summed E-state index contributed by atoms with van der Waals surface area (Å²) in [6.45, 7) is 2.23. The second-order valence-electron chi connectivity index (χ2n) is 4.97. The summed E-state index contributed by atoms with van der Waals surface area (Å²) in [5.41, 5.74) is 0. The first-order chi connectivity index (χ1) is 8.87. The molecule has 0 aliphatic carbocycles. The predicted octanol–water partition coefficient (Wildman–Crippen LogP) is 2.47. The van der Waals surface area contributed by atoms with Crippen LogP contribution in [-0.4, -0.2) is 43.1 Å². The van der Waals surface area contributed by atoms with Gasteiger partial charge >= 0.3 is 0 Å². The van der Waals surface area contributed by atoms with Crippen LogP contribution in [0.2, 0.25) is 0 Å². The Labute approximate surface area is 117 Å². The molecule has 0 saturated heterocycles. The molecule has 0 heterocycles. The van der Waals surface area contributed by atoms with Crippen molar-refractivity contribution >= 4 is 16.0 Å². The van der Waals surface area contributed by atoms with Crippen LogP contribution in [0, 0.1) is 0 Å². The Morgan fingerprint density at radius 1 is 1.05 bits per heavy atom. The van der Waals surface area contributed by atoms with Crippen molar-refractivity contribution in [2.45, 2.75) is 58.3 Å². The molecule has 0 spiro atoms. The van der Waals surface area contributed by atoms with E-state index in [2.05, 4.69) is 6.92 Å². The van der Waals surface area contributed by atoms with Gasteiger partial charge in [0.25, 0.3) is 10.1 Å². The fourth-order valence-corrected chi connectivity index (χ4v) is 2.31. The fraction of sp³-hybridized carbons (Fsp3) is 0.923. The molecule has 5 nitrogen and oxygen atoms in total. The average molecular weight is 293 g/mol. The molecule has 0 bridgehead atoms. The lowest BCUT2D eigenvalue weighted by atomic mass is 10.1. The van der Waals surface area contributed by atoms with Crippen molar-refractivity contribution in [3.63, 3.8) is 0 Å². The molecule has 0 aromatic heterocycles. The van der Waals surface area contributed by atoms with Crippen LogP contribution < -0.4 is 0 Å². The maximum Gasteiger partial charge on any atom is 0.266 e. The topological polar surface area (TPSA) is 74.7 Å². The van der Waals surface area contributed by atoms with Gasteiger partial charge < -0.3 is 4.90 Å². The van der Waals surface area contributed by atoms with Gasteiger partial charge in [0, 0.05) is 20.0 Å². The van der Waals surface area contributed by atoms with E-state index < -0.39 is 15.9 Å². The van der Waals surface area contributed by atoms with E-state index in [1.807, 2.05) is 0 Å². The van der Waals surface area contributed by atoms with Gasteiger partial charge in [-0.1, -0.05) is 45.4 Å². The lowest BCUT2D eigenvalue weighted by Crippen LogP contribution is -2.31. The lowest BCUT2D eigenvalue weighted by molar-refractivity contribution is -0.129. The van der Waals surface area contributed by atoms with Gasteiger partial charge in [0.1, 0.15) is 0 Å². The molecule has 1 amide bonds. The molecule has 19 heavy (non-hydrogen) atoms. The predicted molar refractivity (Wildman–Crippen MR) is 76.7 cm³/mol. The van der Waals surface area contributed by atoms with Gasteiger partial charge in [-0.25, -0.2) is 0 Å². The number of carbonyl (C=O) groups excluding carboxylic acids is 1. The van der Waals surface area contributed by atoms with E-state index in [0.717, 1.165) is 19.3 Å². The van der Waals surface area contributed by atoms with Crippen molar-refractivity contribution < 1.29 is 17.8 Å². The summed E-state index contributed by atoms with van der Waals surface area (Å²) in [6, 6.07) is 0. The molecule has 0 atom stereocenters. The molecule has 114 valence electrons. The molecule has 0 fully saturated rings. The summed E-state index contributed by atoms with van der Waals surface area (Å²) < 4.78 is 29.7. The first-order valence-electron chi connectivity index (χ1n) is 7.06. The Balaban J connectivity index is 3.57. The van der Waals surface area contributed by atoms with Crippen LogP contribution in [0.15, 0.2) is 0 Å². The zero-order valence-electron chi connectivity index (χ0n) is 12.1. The third-order valence-corrected chi connectivity index (χ3v) is 3.80. The molecule has 0 saturated carbocycles. The Hall–Kier alpha value is -0.620. The summed E-state index contributed by atoms with van der Waals surface area (Å²) in [5, 5.41) is 0. The highest BCUT2D eigenvalue weighted by atomic mass is 32.2. The zero-order valence-corrected chi connectivity index (χ0v) is 12.9. The van der Waals surface area contributed by atoms with Crippen LogP contribution in [0.25, 0.3) is 0 Å². The van der Waals surface area contributed by atoms with E-state index >= 15 is 0 Å². The molecular weight excluding hydrogens is 266 g/mol. The maximum absolute atomic E-state index is 11.6. The summed E-state index contributed by atoms with van der Waals surface area (Å²) in [4.78, 5) is 13.0. The van der Waals surface area contributed by atoms with Crippen LogP contribution in [0.5, 0.6) is 0 Å². The molecule has 6 heteroatoms. The van der Waals surface area contributed by atoms with Crippen molar-refractivity contribution in [1.82, 2.24) is 4.90 Å². The number of amides is 1. The van der Waals surface area contributed by atoms with Crippen molar-refractivity contribution in [1.29, 1.82) is 0 Å². The molecule has 0 radical (unpaired) electrons. The average Bonchev–Trinajstić information content (AvgIpc) is 2.33. The van der Waals surface area contributed by atoms with E-state index in [1.165, 1.54) is 30.6 Å². The third kappa shape index (κ3) is 12.2. The minimum absolute atomic E-state index is 0.0498. The van der Waals surface area contributed by atoms with E-state index in [-0.39, 0.29) is 12.5 Å². The zero-order chi connectivity index (χ0) is 14.7. The van der Waals surface area contributed by atoms with Crippen molar-refractivity contribution in [2.75, 3.05) is 19.3 Å². The van der Waals surface area contributed by atoms with Crippen LogP contribution >= 0.6 is 0 Å². The standard InChI is InChI=1S/C13H27NO4S/c1-3-4-5-6-7-8-9-10-13(15)14(2)11-12-19(16,17)18/h3-12H2,1-2H3,(H,16,17,18). The molecule has 0 aliphatic rings. The van der Waals surface area contributed by atoms with Gasteiger partial charge in [0.15, 0.2) is 0 Å². The summed E-state index contributed by atoms with van der Waals surface area (Å²) in [7, 11) is -2.42. The number of nitrogens with zero attached hydrogens (tertiary/aromatic N) is 1. The lowest BCUT2D eigenvalue weighted by Gasteiger charge is -2.16. The van der Waals surface area contributed by atoms with Gasteiger partial charge in [0.2, 0.25) is 5.91 Å². The molecule has 0 aromatic rings. The molecule has 0 aliphatic heterocycles. The Bertz CT molecular complexity index is 341. The minimum atomic E-state index is -3.98. The van der Waals surface area contributed by atoms with E-state index in [4.69, 9.17) is 4.55 Å². The number of carbonyl (C=O) groups is 1. The Kier molecular flexibility index (Phi) is 9.87. The maximum atomic E-state index is 11.6.